The van der Waals surface area contributed by atoms with Crippen molar-refractivity contribution in [3.8, 4) is 11.5 Å². The molecule has 1 atom stereocenters. The first kappa shape index (κ1) is 25.5. The summed E-state index contributed by atoms with van der Waals surface area (Å²) in [7, 11) is 0. The molecule has 8 nitrogen and oxygen atoms in total. The molecule has 190 valence electrons. The summed E-state index contributed by atoms with van der Waals surface area (Å²) in [5.41, 5.74) is 1.20. The molecule has 0 bridgehead atoms. The number of amides is 1. The molecule has 1 aliphatic rings. The molecule has 3 aromatic rings. The van der Waals surface area contributed by atoms with Gasteiger partial charge >= 0.3 is 0 Å². The van der Waals surface area contributed by atoms with Gasteiger partial charge in [0.05, 0.1) is 53.2 Å². The smallest absolute Gasteiger partial charge is 0.290 e. The van der Waals surface area contributed by atoms with Crippen LogP contribution < -0.4 is 9.47 Å². The minimum Gasteiger partial charge on any atom is -0.503 e. The molecular weight excluding hydrogens is 480 g/mol. The standard InChI is InChI=1S/C27H30N2O6S/c1-5-7-12-35-20-11-10-18(14-21(20)33-6-2)23-22(24(30)26-16(3)28-17(4)36-26)25(31)27(32)29(23)15-19-9-8-13-34-19/h8-11,13-14,23,31H,5-7,12,15H2,1-4H3. The van der Waals surface area contributed by atoms with Gasteiger partial charge in [0.15, 0.2) is 17.3 Å². The number of carbonyl (C=O) groups is 2. The zero-order valence-electron chi connectivity index (χ0n) is 20.9. The largest absolute Gasteiger partial charge is 0.503 e. The molecule has 4 rings (SSSR count). The lowest BCUT2D eigenvalue weighted by molar-refractivity contribution is -0.130. The molecule has 3 heterocycles. The minimum absolute atomic E-state index is 0.0143. The Morgan fingerprint density at radius 2 is 2.00 bits per heavy atom. The van der Waals surface area contributed by atoms with Crippen LogP contribution in [-0.2, 0) is 11.3 Å². The summed E-state index contributed by atoms with van der Waals surface area (Å²) in [4.78, 5) is 33.2. The van der Waals surface area contributed by atoms with Gasteiger partial charge in [-0.2, -0.15) is 0 Å². The number of rotatable bonds is 11. The van der Waals surface area contributed by atoms with Crippen molar-refractivity contribution in [2.24, 2.45) is 0 Å². The SMILES string of the molecule is CCCCOc1ccc(C2C(C(=O)c3sc(C)nc3C)=C(O)C(=O)N2Cc2ccco2)cc1OCC. The highest BCUT2D eigenvalue weighted by atomic mass is 32.1. The number of benzene rings is 1. The van der Waals surface area contributed by atoms with Crippen LogP contribution in [0.4, 0.5) is 0 Å². The number of furan rings is 1. The summed E-state index contributed by atoms with van der Waals surface area (Å²) in [5, 5.41) is 11.7. The van der Waals surface area contributed by atoms with E-state index >= 15 is 0 Å². The zero-order chi connectivity index (χ0) is 25.8. The second-order valence-electron chi connectivity index (χ2n) is 8.49. The predicted octanol–water partition coefficient (Wildman–Crippen LogP) is 5.71. The van der Waals surface area contributed by atoms with Gasteiger partial charge < -0.3 is 23.9 Å². The van der Waals surface area contributed by atoms with Crippen molar-refractivity contribution in [2.75, 3.05) is 13.2 Å². The molecule has 1 aliphatic heterocycles. The van der Waals surface area contributed by atoms with Gasteiger partial charge in [0.2, 0.25) is 5.78 Å². The lowest BCUT2D eigenvalue weighted by Crippen LogP contribution is -2.30. The van der Waals surface area contributed by atoms with Gasteiger partial charge in [-0.05, 0) is 57.0 Å². The van der Waals surface area contributed by atoms with Gasteiger partial charge in [-0.1, -0.05) is 19.4 Å². The van der Waals surface area contributed by atoms with Crippen LogP contribution in [0.15, 0.2) is 52.3 Å². The van der Waals surface area contributed by atoms with E-state index in [1.807, 2.05) is 13.8 Å². The number of aliphatic hydroxyl groups excluding tert-OH is 1. The molecule has 0 radical (unpaired) electrons. The van der Waals surface area contributed by atoms with E-state index in [2.05, 4.69) is 11.9 Å². The van der Waals surface area contributed by atoms with Gasteiger partial charge in [0, 0.05) is 0 Å². The molecule has 36 heavy (non-hydrogen) atoms. The first-order valence-corrected chi connectivity index (χ1v) is 12.8. The molecule has 0 aliphatic carbocycles. The lowest BCUT2D eigenvalue weighted by Gasteiger charge is -2.26. The van der Waals surface area contributed by atoms with Crippen molar-refractivity contribution in [3.05, 3.63) is 74.8 Å². The summed E-state index contributed by atoms with van der Waals surface area (Å²) >= 11 is 1.24. The molecule has 0 spiro atoms. The summed E-state index contributed by atoms with van der Waals surface area (Å²) in [5.74, 6) is 0.00919. The number of hydrogen-bond donors (Lipinski definition) is 1. The molecule has 9 heteroatoms. The van der Waals surface area contributed by atoms with Gasteiger partial charge in [-0.25, -0.2) is 4.98 Å². The van der Waals surface area contributed by atoms with E-state index in [9.17, 15) is 14.7 Å². The van der Waals surface area contributed by atoms with Crippen LogP contribution in [0.2, 0.25) is 0 Å². The Balaban J connectivity index is 1.79. The van der Waals surface area contributed by atoms with E-state index in [-0.39, 0.29) is 12.1 Å². The highest BCUT2D eigenvalue weighted by molar-refractivity contribution is 7.14. The average Bonchev–Trinajstić information content (AvgIpc) is 3.55. The van der Waals surface area contributed by atoms with E-state index in [4.69, 9.17) is 13.9 Å². The van der Waals surface area contributed by atoms with Crippen LogP contribution >= 0.6 is 11.3 Å². The molecule has 0 fully saturated rings. The minimum atomic E-state index is -0.846. The van der Waals surface area contributed by atoms with Crippen LogP contribution in [0.5, 0.6) is 11.5 Å². The summed E-state index contributed by atoms with van der Waals surface area (Å²) in [6.45, 7) is 8.57. The Morgan fingerprint density at radius 3 is 2.64 bits per heavy atom. The fraction of sp³-hybridized carbons (Fsp3) is 0.370. The molecule has 1 unspecified atom stereocenters. The third kappa shape index (κ3) is 5.02. The molecular formula is C27H30N2O6S. The highest BCUT2D eigenvalue weighted by Gasteiger charge is 2.45. The van der Waals surface area contributed by atoms with Gasteiger partial charge in [0.25, 0.3) is 5.91 Å². The Morgan fingerprint density at radius 1 is 1.19 bits per heavy atom. The molecule has 1 N–H and O–H groups in total. The summed E-state index contributed by atoms with van der Waals surface area (Å²) in [6, 6.07) is 7.98. The second-order valence-corrected chi connectivity index (χ2v) is 9.70. The number of ether oxygens (including phenoxy) is 2. The van der Waals surface area contributed by atoms with Crippen LogP contribution in [0.1, 0.15) is 64.4 Å². The van der Waals surface area contributed by atoms with Crippen LogP contribution in [0.25, 0.3) is 0 Å². The van der Waals surface area contributed by atoms with E-state index < -0.39 is 23.5 Å². The van der Waals surface area contributed by atoms with Crippen molar-refractivity contribution >= 4 is 23.0 Å². The van der Waals surface area contributed by atoms with E-state index in [0.29, 0.717) is 46.6 Å². The number of ketones is 1. The number of carbonyl (C=O) groups excluding carboxylic acids is 2. The maximum absolute atomic E-state index is 13.7. The highest BCUT2D eigenvalue weighted by Crippen LogP contribution is 2.43. The van der Waals surface area contributed by atoms with E-state index in [1.54, 1.807) is 37.3 Å². The lowest BCUT2D eigenvalue weighted by atomic mass is 9.94. The Kier molecular flexibility index (Phi) is 7.79. The average molecular weight is 511 g/mol. The fourth-order valence-electron chi connectivity index (χ4n) is 4.24. The monoisotopic (exact) mass is 510 g/mol. The normalized spacial score (nSPS) is 15.6. The Labute approximate surface area is 214 Å². The van der Waals surface area contributed by atoms with Crippen molar-refractivity contribution in [1.29, 1.82) is 0 Å². The third-order valence-electron chi connectivity index (χ3n) is 5.90. The molecule has 0 saturated heterocycles. The van der Waals surface area contributed by atoms with E-state index in [0.717, 1.165) is 17.8 Å². The second kappa shape index (κ2) is 11.0. The van der Waals surface area contributed by atoms with Gasteiger partial charge in [-0.15, -0.1) is 11.3 Å². The maximum Gasteiger partial charge on any atom is 0.290 e. The number of aryl methyl sites for hydroxylation is 2. The fourth-order valence-corrected chi connectivity index (χ4v) is 5.11. The summed E-state index contributed by atoms with van der Waals surface area (Å²) in [6.07, 6.45) is 3.42. The Hall–Kier alpha value is -3.59. The number of unbranched alkanes of at least 4 members (excludes halogenated alkanes) is 1. The number of thiazole rings is 1. The number of aliphatic hydroxyl groups is 1. The molecule has 1 aromatic carbocycles. The zero-order valence-corrected chi connectivity index (χ0v) is 21.7. The summed E-state index contributed by atoms with van der Waals surface area (Å²) < 4.78 is 17.2. The first-order chi connectivity index (χ1) is 17.3. The third-order valence-corrected chi connectivity index (χ3v) is 6.97. The number of nitrogens with zero attached hydrogens (tertiary/aromatic N) is 2. The van der Waals surface area contributed by atoms with Crippen LogP contribution in [0, 0.1) is 13.8 Å². The van der Waals surface area contributed by atoms with Gasteiger partial charge in [0.1, 0.15) is 5.76 Å². The first-order valence-electron chi connectivity index (χ1n) is 12.0. The number of aromatic nitrogens is 1. The maximum atomic E-state index is 13.7. The predicted molar refractivity (Wildman–Crippen MR) is 136 cm³/mol. The van der Waals surface area contributed by atoms with Crippen molar-refractivity contribution in [3.63, 3.8) is 0 Å². The van der Waals surface area contributed by atoms with E-state index in [1.165, 1.54) is 22.5 Å². The number of Topliss-reactive ketones (excluding diaryl/α,β-unsaturated/α-hetero) is 1. The molecule has 2 aromatic heterocycles. The Bertz CT molecular complexity index is 1280. The van der Waals surface area contributed by atoms with Crippen molar-refractivity contribution < 1.29 is 28.6 Å². The molecule has 1 amide bonds. The van der Waals surface area contributed by atoms with Crippen LogP contribution in [0.3, 0.4) is 0 Å². The topological polar surface area (TPSA) is 102 Å². The van der Waals surface area contributed by atoms with Crippen molar-refractivity contribution in [1.82, 2.24) is 9.88 Å². The van der Waals surface area contributed by atoms with Gasteiger partial charge in [-0.3, -0.25) is 9.59 Å². The van der Waals surface area contributed by atoms with Crippen LogP contribution in [-0.4, -0.2) is 39.9 Å². The number of hydrogen-bond acceptors (Lipinski definition) is 8. The quantitative estimate of drug-likeness (QED) is 0.260. The molecule has 0 saturated carbocycles. The van der Waals surface area contributed by atoms with Crippen molar-refractivity contribution in [2.45, 2.75) is 53.1 Å².